The van der Waals surface area contributed by atoms with Crippen LogP contribution < -0.4 is 4.74 Å². The molecule has 0 saturated carbocycles. The van der Waals surface area contributed by atoms with Gasteiger partial charge in [-0.2, -0.15) is 0 Å². The summed E-state index contributed by atoms with van der Waals surface area (Å²) in [6.45, 7) is 1.34. The van der Waals surface area contributed by atoms with E-state index in [1.165, 1.54) is 0 Å². The molecule has 7 nitrogen and oxygen atoms in total. The number of para-hydroxylation sites is 1. The summed E-state index contributed by atoms with van der Waals surface area (Å²) in [5.41, 5.74) is 5.28. The molecule has 2 heterocycles. The number of carbonyl (C=O) groups is 2. The highest BCUT2D eigenvalue weighted by molar-refractivity contribution is 6.06. The molecule has 0 bridgehead atoms. The highest BCUT2D eigenvalue weighted by atomic mass is 35.5. The average molecular weight is 517 g/mol. The van der Waals surface area contributed by atoms with Gasteiger partial charge in [0, 0.05) is 30.6 Å². The summed E-state index contributed by atoms with van der Waals surface area (Å²) in [4.78, 5) is 30.3. The molecule has 0 aliphatic carbocycles. The Hall–Kier alpha value is -4.20. The normalized spacial score (nSPS) is 14.1. The minimum atomic E-state index is -1.04. The summed E-state index contributed by atoms with van der Waals surface area (Å²) in [6, 6.07) is 24.6. The van der Waals surface area contributed by atoms with Crippen LogP contribution in [0.2, 0.25) is 0 Å². The van der Waals surface area contributed by atoms with Crippen LogP contribution in [0.4, 0.5) is 0 Å². The second kappa shape index (κ2) is 11.2. The van der Waals surface area contributed by atoms with Gasteiger partial charge in [-0.05, 0) is 41.0 Å². The van der Waals surface area contributed by atoms with E-state index in [4.69, 9.17) is 14.8 Å². The molecule has 1 aliphatic heterocycles. The average Bonchev–Trinajstić information content (AvgIpc) is 2.87. The number of rotatable bonds is 7. The van der Waals surface area contributed by atoms with Crippen molar-refractivity contribution in [2.75, 3.05) is 13.2 Å². The van der Waals surface area contributed by atoms with Crippen molar-refractivity contribution in [2.24, 2.45) is 0 Å². The van der Waals surface area contributed by atoms with Crippen LogP contribution in [0, 0.1) is 0 Å². The van der Waals surface area contributed by atoms with Gasteiger partial charge in [-0.25, -0.2) is 14.6 Å². The van der Waals surface area contributed by atoms with E-state index < -0.39 is 18.5 Å². The molecule has 5 rings (SSSR count). The van der Waals surface area contributed by atoms with E-state index in [2.05, 4.69) is 17.0 Å². The number of fused-ring (bicyclic) bond motifs is 2. The van der Waals surface area contributed by atoms with Gasteiger partial charge >= 0.3 is 11.9 Å². The van der Waals surface area contributed by atoms with Crippen LogP contribution in [0.1, 0.15) is 32.7 Å². The Kier molecular flexibility index (Phi) is 7.86. The summed E-state index contributed by atoms with van der Waals surface area (Å²) in [5.74, 6) is -1.54. The van der Waals surface area contributed by atoms with Gasteiger partial charge in [-0.15, -0.1) is 12.4 Å². The molecular weight excluding hydrogens is 492 g/mol. The Morgan fingerprint density at radius 2 is 1.62 bits per heavy atom. The molecule has 3 aromatic carbocycles. The Morgan fingerprint density at radius 3 is 2.32 bits per heavy atom. The molecular formula is C29H25ClN2O5. The number of hydrogen-bond acceptors (Lipinski definition) is 5. The number of halogens is 1. The van der Waals surface area contributed by atoms with Crippen molar-refractivity contribution in [2.45, 2.75) is 13.1 Å². The Morgan fingerprint density at radius 1 is 0.919 bits per heavy atom. The van der Waals surface area contributed by atoms with E-state index >= 15 is 0 Å². The number of hydrogen-bond donors (Lipinski definition) is 2. The van der Waals surface area contributed by atoms with Crippen molar-refractivity contribution in [3.05, 3.63) is 107 Å². The lowest BCUT2D eigenvalue weighted by molar-refractivity contribution is -0.139. The fraction of sp³-hybridized carbons (Fsp3) is 0.138. The van der Waals surface area contributed by atoms with Gasteiger partial charge in [0.2, 0.25) is 0 Å². The Labute approximate surface area is 220 Å². The zero-order valence-corrected chi connectivity index (χ0v) is 20.6. The van der Waals surface area contributed by atoms with E-state index in [1.807, 2.05) is 54.6 Å². The number of aromatic carboxylic acids is 1. The topological polar surface area (TPSA) is 100.0 Å². The second-order valence-corrected chi connectivity index (χ2v) is 8.69. The molecule has 37 heavy (non-hydrogen) atoms. The summed E-state index contributed by atoms with van der Waals surface area (Å²) >= 11 is 0. The summed E-state index contributed by atoms with van der Waals surface area (Å²) in [6.07, 6.45) is 2.00. The number of benzene rings is 3. The first kappa shape index (κ1) is 25.9. The SMILES string of the molecule is Cl.O=C(O)COc1ccc(/C=C2/CN(Cc3ccccc3)Cc3c2nc2ccccc2c3C(=O)O)cc1. The van der Waals surface area contributed by atoms with Crippen LogP contribution in [0.25, 0.3) is 22.6 Å². The fourth-order valence-electron chi connectivity index (χ4n) is 4.58. The second-order valence-electron chi connectivity index (χ2n) is 8.69. The van der Waals surface area contributed by atoms with E-state index in [1.54, 1.807) is 18.2 Å². The molecule has 2 N–H and O–H groups in total. The number of nitrogens with zero attached hydrogens (tertiary/aromatic N) is 2. The van der Waals surface area contributed by atoms with Gasteiger partial charge in [0.15, 0.2) is 6.61 Å². The predicted molar refractivity (Wildman–Crippen MR) is 144 cm³/mol. The predicted octanol–water partition coefficient (Wildman–Crippen LogP) is 5.37. The first-order valence-electron chi connectivity index (χ1n) is 11.5. The quantitative estimate of drug-likeness (QED) is 0.340. The van der Waals surface area contributed by atoms with Crippen molar-refractivity contribution in [3.8, 4) is 5.75 Å². The Balaban J connectivity index is 0.00000320. The molecule has 188 valence electrons. The van der Waals surface area contributed by atoms with Crippen molar-refractivity contribution in [1.29, 1.82) is 0 Å². The monoisotopic (exact) mass is 516 g/mol. The molecule has 1 aliphatic rings. The van der Waals surface area contributed by atoms with Crippen LogP contribution in [-0.4, -0.2) is 45.2 Å². The van der Waals surface area contributed by atoms with Crippen molar-refractivity contribution in [1.82, 2.24) is 9.88 Å². The van der Waals surface area contributed by atoms with Gasteiger partial charge in [-0.1, -0.05) is 60.7 Å². The Bertz CT molecular complexity index is 1470. The zero-order chi connectivity index (χ0) is 25.1. The summed E-state index contributed by atoms with van der Waals surface area (Å²) in [7, 11) is 0. The molecule has 0 unspecified atom stereocenters. The maximum atomic E-state index is 12.4. The van der Waals surface area contributed by atoms with Crippen LogP contribution in [0.5, 0.6) is 5.75 Å². The smallest absolute Gasteiger partial charge is 0.341 e. The molecule has 4 aromatic rings. The number of aliphatic carboxylic acids is 1. The van der Waals surface area contributed by atoms with Crippen LogP contribution in [0.3, 0.4) is 0 Å². The van der Waals surface area contributed by atoms with Gasteiger partial charge in [-0.3, -0.25) is 4.90 Å². The van der Waals surface area contributed by atoms with Crippen molar-refractivity contribution in [3.63, 3.8) is 0 Å². The summed E-state index contributed by atoms with van der Waals surface area (Å²) < 4.78 is 5.24. The highest BCUT2D eigenvalue weighted by Crippen LogP contribution is 2.34. The number of aromatic nitrogens is 1. The van der Waals surface area contributed by atoms with E-state index in [9.17, 15) is 14.7 Å². The first-order valence-corrected chi connectivity index (χ1v) is 11.5. The van der Waals surface area contributed by atoms with Gasteiger partial charge in [0.05, 0.1) is 16.8 Å². The van der Waals surface area contributed by atoms with Crippen molar-refractivity contribution < 1.29 is 24.5 Å². The standard InChI is InChI=1S/C29H24N2O5.ClH/c32-26(33)18-36-22-12-10-19(11-13-22)14-21-16-31(15-20-6-2-1-3-7-20)17-24-27(29(34)35)23-8-4-5-9-25(23)30-28(21)24;/h1-14H,15-18H2,(H,32,33)(H,34,35);1H/b21-14-;. The maximum Gasteiger partial charge on any atom is 0.341 e. The molecule has 0 saturated heterocycles. The van der Waals surface area contributed by atoms with E-state index in [0.717, 1.165) is 16.7 Å². The van der Waals surface area contributed by atoms with E-state index in [-0.39, 0.29) is 18.0 Å². The van der Waals surface area contributed by atoms with Gasteiger partial charge < -0.3 is 14.9 Å². The third kappa shape index (κ3) is 5.80. The third-order valence-corrected chi connectivity index (χ3v) is 6.12. The van der Waals surface area contributed by atoms with Gasteiger partial charge in [0.25, 0.3) is 0 Å². The molecule has 0 fully saturated rings. The lowest BCUT2D eigenvalue weighted by Gasteiger charge is -2.31. The van der Waals surface area contributed by atoms with Crippen LogP contribution in [-0.2, 0) is 17.9 Å². The van der Waals surface area contributed by atoms with Gasteiger partial charge in [0.1, 0.15) is 5.75 Å². The lowest BCUT2D eigenvalue weighted by Crippen LogP contribution is -2.31. The minimum Gasteiger partial charge on any atom is -0.482 e. The zero-order valence-electron chi connectivity index (χ0n) is 19.8. The number of carboxylic acids is 2. The van der Waals surface area contributed by atoms with Crippen molar-refractivity contribution >= 4 is 46.9 Å². The summed E-state index contributed by atoms with van der Waals surface area (Å²) in [5, 5.41) is 19.6. The number of ether oxygens (including phenoxy) is 1. The number of pyridine rings is 1. The molecule has 0 spiro atoms. The van der Waals surface area contributed by atoms with E-state index in [0.29, 0.717) is 47.5 Å². The highest BCUT2D eigenvalue weighted by Gasteiger charge is 2.28. The number of carboxylic acid groups (broad SMARTS) is 2. The first-order chi connectivity index (χ1) is 17.5. The molecule has 0 radical (unpaired) electrons. The maximum absolute atomic E-state index is 12.4. The molecule has 8 heteroatoms. The van der Waals surface area contributed by atoms with Crippen LogP contribution >= 0.6 is 12.4 Å². The molecule has 1 aromatic heterocycles. The largest absolute Gasteiger partial charge is 0.482 e. The molecule has 0 amide bonds. The lowest BCUT2D eigenvalue weighted by atomic mass is 9.91. The minimum absolute atomic E-state index is 0. The molecule has 0 atom stereocenters. The van der Waals surface area contributed by atoms with Crippen LogP contribution in [0.15, 0.2) is 78.9 Å². The fourth-order valence-corrected chi connectivity index (χ4v) is 4.58. The third-order valence-electron chi connectivity index (χ3n) is 6.12.